The largest absolute Gasteiger partial charge is 0.365 e. The van der Waals surface area contributed by atoms with Crippen LogP contribution in [-0.4, -0.2) is 66.6 Å². The van der Waals surface area contributed by atoms with Gasteiger partial charge in [-0.25, -0.2) is 14.6 Å². The smallest absolute Gasteiger partial charge is 0.256 e. The number of nitrogens with one attached hydrogen (secondary N) is 3. The molecule has 0 bridgehead atoms. The first-order valence-electron chi connectivity index (χ1n) is 12.6. The Morgan fingerprint density at radius 2 is 2.00 bits per heavy atom. The van der Waals surface area contributed by atoms with Crippen molar-refractivity contribution in [2.24, 2.45) is 0 Å². The van der Waals surface area contributed by atoms with Crippen LogP contribution in [-0.2, 0) is 16.1 Å². The van der Waals surface area contributed by atoms with Crippen LogP contribution in [0, 0.1) is 13.8 Å². The number of anilines is 3. The molecule has 0 aromatic carbocycles. The Bertz CT molecular complexity index is 1450. The van der Waals surface area contributed by atoms with E-state index in [0.717, 1.165) is 28.5 Å². The number of aromatic amines is 1. The summed E-state index contributed by atoms with van der Waals surface area (Å²) in [7, 11) is 1.55. The molecule has 1 aliphatic carbocycles. The van der Waals surface area contributed by atoms with Crippen molar-refractivity contribution in [2.75, 3.05) is 30.4 Å². The summed E-state index contributed by atoms with van der Waals surface area (Å²) < 4.78 is 7.47. The maximum Gasteiger partial charge on any atom is 0.256 e. The van der Waals surface area contributed by atoms with Gasteiger partial charge < -0.3 is 20.3 Å². The fourth-order valence-electron chi connectivity index (χ4n) is 4.51. The van der Waals surface area contributed by atoms with Crippen molar-refractivity contribution < 1.29 is 9.53 Å². The van der Waals surface area contributed by atoms with E-state index in [9.17, 15) is 4.79 Å². The van der Waals surface area contributed by atoms with Crippen molar-refractivity contribution in [3.05, 3.63) is 65.4 Å². The van der Waals surface area contributed by atoms with Crippen LogP contribution < -0.4 is 15.5 Å². The van der Waals surface area contributed by atoms with E-state index in [1.165, 1.54) is 12.8 Å². The number of nitrogens with zero attached hydrogens (tertiary/aromatic N) is 7. The number of hydrogen-bond donors (Lipinski definition) is 3. The van der Waals surface area contributed by atoms with E-state index >= 15 is 0 Å². The zero-order valence-corrected chi connectivity index (χ0v) is 21.6. The molecule has 12 nitrogen and oxygen atoms in total. The van der Waals surface area contributed by atoms with Crippen LogP contribution in [0.3, 0.4) is 0 Å². The van der Waals surface area contributed by atoms with E-state index in [-0.39, 0.29) is 5.91 Å². The van der Waals surface area contributed by atoms with Crippen LogP contribution in [0.15, 0.2) is 42.7 Å². The van der Waals surface area contributed by atoms with Crippen LogP contribution >= 0.6 is 0 Å². The molecular formula is C26H30N10O2. The topological polar surface area (TPSA) is 139 Å². The van der Waals surface area contributed by atoms with Crippen molar-refractivity contribution in [3.8, 4) is 5.82 Å². The predicted octanol–water partition coefficient (Wildman–Crippen LogP) is 2.54. The number of amides is 1. The quantitative estimate of drug-likeness (QED) is 0.307. The number of pyridine rings is 1. The van der Waals surface area contributed by atoms with Crippen molar-refractivity contribution in [3.63, 3.8) is 0 Å². The summed E-state index contributed by atoms with van der Waals surface area (Å²) in [5.41, 5.74) is 2.80. The van der Waals surface area contributed by atoms with Gasteiger partial charge in [-0.3, -0.25) is 9.89 Å². The molecule has 2 aliphatic rings. The van der Waals surface area contributed by atoms with Gasteiger partial charge in [-0.1, -0.05) is 6.07 Å². The molecule has 4 aromatic rings. The fraction of sp³-hybridized carbons (Fsp3) is 0.385. The maximum atomic E-state index is 13.1. The first kappa shape index (κ1) is 24.0. The number of carbonyl (C=O) groups excluding carboxylic acids is 1. The van der Waals surface area contributed by atoms with Crippen LogP contribution in [0.2, 0.25) is 0 Å². The van der Waals surface area contributed by atoms with E-state index < -0.39 is 5.60 Å². The molecule has 38 heavy (non-hydrogen) atoms. The first-order chi connectivity index (χ1) is 18.4. The third-order valence-electron chi connectivity index (χ3n) is 6.89. The first-order valence-corrected chi connectivity index (χ1v) is 12.6. The van der Waals surface area contributed by atoms with Gasteiger partial charge in [0.25, 0.3) is 5.91 Å². The zero-order chi connectivity index (χ0) is 26.3. The summed E-state index contributed by atoms with van der Waals surface area (Å²) in [5.74, 6) is 3.01. The molecular weight excluding hydrogens is 484 g/mol. The number of methoxy groups -OCH3 is 1. The number of aryl methyl sites for hydroxylation is 2. The molecule has 1 aliphatic heterocycles. The van der Waals surface area contributed by atoms with Gasteiger partial charge in [0.15, 0.2) is 17.2 Å². The summed E-state index contributed by atoms with van der Waals surface area (Å²) in [5, 5.41) is 17.9. The van der Waals surface area contributed by atoms with Gasteiger partial charge >= 0.3 is 0 Å². The summed E-state index contributed by atoms with van der Waals surface area (Å²) >= 11 is 0. The predicted molar refractivity (Wildman–Crippen MR) is 141 cm³/mol. The van der Waals surface area contributed by atoms with Crippen LogP contribution in [0.4, 0.5) is 17.6 Å². The molecule has 5 heterocycles. The molecule has 1 saturated heterocycles. The van der Waals surface area contributed by atoms with E-state index in [2.05, 4.69) is 46.9 Å². The highest BCUT2D eigenvalue weighted by molar-refractivity contribution is 5.88. The normalized spacial score (nSPS) is 16.2. The van der Waals surface area contributed by atoms with Crippen molar-refractivity contribution >= 4 is 23.5 Å². The lowest BCUT2D eigenvalue weighted by atomic mass is 9.93. The average molecular weight is 515 g/mol. The summed E-state index contributed by atoms with van der Waals surface area (Å²) in [6.07, 6.45) is 6.13. The second-order valence-electron chi connectivity index (χ2n) is 9.98. The van der Waals surface area contributed by atoms with E-state index in [0.29, 0.717) is 43.1 Å². The van der Waals surface area contributed by atoms with E-state index in [1.54, 1.807) is 18.0 Å². The highest BCUT2D eigenvalue weighted by atomic mass is 16.5. The highest BCUT2D eigenvalue weighted by Gasteiger charge is 2.51. The van der Waals surface area contributed by atoms with E-state index in [1.807, 2.05) is 49.2 Å². The SMILES string of the molecule is COC1(C(=O)NCc2ccc(-n3ccc(C4CC4)n3)nc2)CN(c2nc(C)cc(Nc3cc(C)[nH]n3)n2)C1. The third kappa shape index (κ3) is 4.82. The standard InChI is InChI=1S/C26H30N10O2/c1-16-10-21(30-22-11-17(2)32-33-22)31-25(29-16)35-14-26(15-35,38-3)24(37)28-13-18-4-7-23(27-12-18)36-9-8-20(34-36)19-5-6-19/h4,7-12,19H,5-6,13-15H2,1-3H3,(H,28,37)(H2,29,30,31,32,33). The number of hydrogen-bond acceptors (Lipinski definition) is 9. The Morgan fingerprint density at radius 3 is 2.68 bits per heavy atom. The molecule has 1 amide bonds. The van der Waals surface area contributed by atoms with Gasteiger partial charge in [-0.15, -0.1) is 0 Å². The van der Waals surface area contributed by atoms with Crippen LogP contribution in [0.1, 0.15) is 41.4 Å². The monoisotopic (exact) mass is 514 g/mol. The summed E-state index contributed by atoms with van der Waals surface area (Å²) in [4.78, 5) is 28.7. The minimum atomic E-state index is -0.971. The minimum absolute atomic E-state index is 0.181. The van der Waals surface area contributed by atoms with Gasteiger partial charge in [-0.05, 0) is 44.4 Å². The molecule has 1 saturated carbocycles. The molecule has 0 spiro atoms. The Kier molecular flexibility index (Phi) is 6.03. The lowest BCUT2D eigenvalue weighted by Crippen LogP contribution is -2.70. The average Bonchev–Trinajstić information content (AvgIpc) is 3.47. The summed E-state index contributed by atoms with van der Waals surface area (Å²) in [6, 6.07) is 9.66. The Morgan fingerprint density at radius 1 is 1.16 bits per heavy atom. The lowest BCUT2D eigenvalue weighted by molar-refractivity contribution is -0.146. The van der Waals surface area contributed by atoms with Gasteiger partial charge in [0, 0.05) is 55.5 Å². The van der Waals surface area contributed by atoms with Gasteiger partial charge in [0.05, 0.1) is 18.8 Å². The van der Waals surface area contributed by atoms with Crippen LogP contribution in [0.5, 0.6) is 0 Å². The molecule has 4 aromatic heterocycles. The highest BCUT2D eigenvalue weighted by Crippen LogP contribution is 2.39. The molecule has 6 rings (SSSR count). The minimum Gasteiger partial charge on any atom is -0.365 e. The van der Waals surface area contributed by atoms with Crippen molar-refractivity contribution in [1.82, 2.24) is 40.2 Å². The second-order valence-corrected chi connectivity index (χ2v) is 9.98. The second kappa shape index (κ2) is 9.53. The Balaban J connectivity index is 1.06. The molecule has 12 heteroatoms. The van der Waals surface area contributed by atoms with Crippen LogP contribution in [0.25, 0.3) is 5.82 Å². The maximum absolute atomic E-state index is 13.1. The molecule has 3 N–H and O–H groups in total. The van der Waals surface area contributed by atoms with Crippen molar-refractivity contribution in [2.45, 2.75) is 44.8 Å². The van der Waals surface area contributed by atoms with E-state index in [4.69, 9.17) is 4.74 Å². The number of rotatable bonds is 9. The fourth-order valence-corrected chi connectivity index (χ4v) is 4.51. The van der Waals surface area contributed by atoms with Gasteiger partial charge in [0.2, 0.25) is 5.95 Å². The lowest BCUT2D eigenvalue weighted by Gasteiger charge is -2.47. The Hall–Kier alpha value is -4.32. The molecule has 196 valence electrons. The molecule has 0 radical (unpaired) electrons. The molecule has 0 atom stereocenters. The summed E-state index contributed by atoms with van der Waals surface area (Å²) in [6.45, 7) is 4.88. The molecule has 2 fully saturated rings. The zero-order valence-electron chi connectivity index (χ0n) is 21.6. The van der Waals surface area contributed by atoms with Gasteiger partial charge in [-0.2, -0.15) is 15.2 Å². The third-order valence-corrected chi connectivity index (χ3v) is 6.89. The molecule has 0 unspecified atom stereocenters. The van der Waals surface area contributed by atoms with Gasteiger partial charge in [0.1, 0.15) is 5.82 Å². The number of H-pyrrole nitrogens is 1. The number of carbonyl (C=O) groups is 1. The number of aromatic nitrogens is 7. The number of ether oxygens (including phenoxy) is 1. The van der Waals surface area contributed by atoms with Crippen molar-refractivity contribution in [1.29, 1.82) is 0 Å². The Labute approximate surface area is 219 Å².